The summed E-state index contributed by atoms with van der Waals surface area (Å²) in [6, 6.07) is 12.8. The first-order chi connectivity index (χ1) is 11.6. The van der Waals surface area contributed by atoms with Crippen LogP contribution in [0.3, 0.4) is 0 Å². The fraction of sp³-hybridized carbons (Fsp3) is 0.500. The van der Waals surface area contributed by atoms with Gasteiger partial charge in [-0.1, -0.05) is 88.3 Å². The Morgan fingerprint density at radius 2 is 1.44 bits per heavy atom. The van der Waals surface area contributed by atoms with Gasteiger partial charge in [0, 0.05) is 5.39 Å². The molecule has 0 unspecified atom stereocenters. The van der Waals surface area contributed by atoms with Crippen LogP contribution >= 0.6 is 0 Å². The van der Waals surface area contributed by atoms with Gasteiger partial charge in [-0.15, -0.1) is 0 Å². The van der Waals surface area contributed by atoms with Gasteiger partial charge in [0.1, 0.15) is 4.90 Å². The molecule has 0 saturated heterocycles. The Morgan fingerprint density at radius 1 is 0.840 bits per heavy atom. The largest absolute Gasteiger partial charge is 1.00 e. The van der Waals surface area contributed by atoms with Gasteiger partial charge in [0.2, 0.25) is 0 Å². The van der Waals surface area contributed by atoms with Crippen molar-refractivity contribution in [2.24, 2.45) is 0 Å². The molecule has 0 saturated carbocycles. The summed E-state index contributed by atoms with van der Waals surface area (Å²) in [6.45, 7) is 2.48. The SMILES string of the molecule is CCCCCCCCCCOS(=O)(=O)c1cccc2ccccc12.[H-].[Na+]. The first-order valence-corrected chi connectivity index (χ1v) is 10.4. The standard InChI is InChI=1S/C20H28O3S.Na.H/c1-2-3-4-5-6-7-8-11-17-23-24(21,22)20-16-12-14-18-13-9-10-15-19(18)20;;/h9-10,12-16H,2-8,11,17H2,1H3;;/q;+1;-1. The van der Waals surface area contributed by atoms with Crippen LogP contribution in [0.4, 0.5) is 0 Å². The Balaban J connectivity index is 0.00000312. The van der Waals surface area contributed by atoms with Crippen molar-refractivity contribution >= 4 is 20.9 Å². The molecular formula is C20H29NaO3S. The maximum atomic E-state index is 12.4. The van der Waals surface area contributed by atoms with Gasteiger partial charge in [-0.05, 0) is 17.9 Å². The molecule has 0 aliphatic rings. The van der Waals surface area contributed by atoms with E-state index in [9.17, 15) is 8.42 Å². The minimum Gasteiger partial charge on any atom is -1.00 e. The second-order valence-electron chi connectivity index (χ2n) is 6.23. The van der Waals surface area contributed by atoms with Gasteiger partial charge < -0.3 is 1.43 Å². The molecule has 0 bridgehead atoms. The fourth-order valence-corrected chi connectivity index (χ4v) is 4.05. The molecule has 2 aromatic rings. The Bertz CT molecular complexity index is 729. The molecule has 0 aliphatic heterocycles. The molecule has 2 aromatic carbocycles. The minimum atomic E-state index is -3.69. The first kappa shape index (κ1) is 22.7. The molecule has 0 amide bonds. The molecule has 0 heterocycles. The van der Waals surface area contributed by atoms with Crippen molar-refractivity contribution in [1.29, 1.82) is 0 Å². The van der Waals surface area contributed by atoms with Crippen LogP contribution in [-0.2, 0) is 14.3 Å². The second-order valence-corrected chi connectivity index (χ2v) is 7.81. The van der Waals surface area contributed by atoms with E-state index >= 15 is 0 Å². The summed E-state index contributed by atoms with van der Waals surface area (Å²) in [4.78, 5) is 0.264. The number of hydrogen-bond acceptors (Lipinski definition) is 3. The molecule has 0 fully saturated rings. The Hall–Kier alpha value is -0.390. The van der Waals surface area contributed by atoms with Crippen molar-refractivity contribution < 1.29 is 43.6 Å². The van der Waals surface area contributed by atoms with Gasteiger partial charge in [0.15, 0.2) is 0 Å². The van der Waals surface area contributed by atoms with Crippen LogP contribution in [0.25, 0.3) is 10.8 Å². The van der Waals surface area contributed by atoms with E-state index in [2.05, 4.69) is 6.92 Å². The van der Waals surface area contributed by atoms with Crippen molar-refractivity contribution in [1.82, 2.24) is 0 Å². The van der Waals surface area contributed by atoms with E-state index in [-0.39, 0.29) is 42.5 Å². The topological polar surface area (TPSA) is 43.4 Å². The van der Waals surface area contributed by atoms with Crippen molar-refractivity contribution in [2.75, 3.05) is 6.61 Å². The molecule has 0 aromatic heterocycles. The molecule has 3 nitrogen and oxygen atoms in total. The van der Waals surface area contributed by atoms with Gasteiger partial charge in [0.25, 0.3) is 10.1 Å². The third-order valence-corrected chi connectivity index (χ3v) is 5.63. The van der Waals surface area contributed by atoms with Crippen molar-refractivity contribution in [3.63, 3.8) is 0 Å². The van der Waals surface area contributed by atoms with Crippen LogP contribution in [0.2, 0.25) is 0 Å². The summed E-state index contributed by atoms with van der Waals surface area (Å²) in [7, 11) is -3.69. The van der Waals surface area contributed by atoms with E-state index in [1.807, 2.05) is 30.3 Å². The minimum absolute atomic E-state index is 0. The summed E-state index contributed by atoms with van der Waals surface area (Å²) in [6.07, 6.45) is 9.37. The normalized spacial score (nSPS) is 11.4. The molecule has 0 atom stereocenters. The van der Waals surface area contributed by atoms with Crippen molar-refractivity contribution in [3.05, 3.63) is 42.5 Å². The Kier molecular flexibility index (Phi) is 10.9. The molecule has 134 valence electrons. The zero-order valence-electron chi connectivity index (χ0n) is 16.5. The quantitative estimate of drug-likeness (QED) is 0.346. The van der Waals surface area contributed by atoms with E-state index in [1.54, 1.807) is 12.1 Å². The van der Waals surface area contributed by atoms with E-state index in [4.69, 9.17) is 4.18 Å². The first-order valence-electron chi connectivity index (χ1n) is 9.02. The Labute approximate surface area is 176 Å². The summed E-state index contributed by atoms with van der Waals surface area (Å²) in [5.41, 5.74) is 0. The van der Waals surface area contributed by atoms with Crippen LogP contribution in [0.15, 0.2) is 47.4 Å². The van der Waals surface area contributed by atoms with Crippen LogP contribution in [-0.4, -0.2) is 15.0 Å². The molecule has 25 heavy (non-hydrogen) atoms. The van der Waals surface area contributed by atoms with Gasteiger partial charge in [-0.2, -0.15) is 8.42 Å². The number of benzene rings is 2. The molecule has 0 N–H and O–H groups in total. The molecule has 0 radical (unpaired) electrons. The fourth-order valence-electron chi connectivity index (χ4n) is 2.88. The molecule has 2 rings (SSSR count). The van der Waals surface area contributed by atoms with Crippen LogP contribution in [0.5, 0.6) is 0 Å². The van der Waals surface area contributed by atoms with Crippen molar-refractivity contribution in [3.8, 4) is 0 Å². The summed E-state index contributed by atoms with van der Waals surface area (Å²) in [5.74, 6) is 0. The molecule has 5 heteroatoms. The number of unbranched alkanes of at least 4 members (excludes halogenated alkanes) is 7. The van der Waals surface area contributed by atoms with E-state index in [0.29, 0.717) is 0 Å². The van der Waals surface area contributed by atoms with Crippen molar-refractivity contribution in [2.45, 2.75) is 63.2 Å². The summed E-state index contributed by atoms with van der Waals surface area (Å²) in [5, 5.41) is 1.63. The van der Waals surface area contributed by atoms with Gasteiger partial charge in [-0.3, -0.25) is 4.18 Å². The number of fused-ring (bicyclic) bond motifs is 1. The molecule has 0 spiro atoms. The van der Waals surface area contributed by atoms with Crippen LogP contribution in [0.1, 0.15) is 59.7 Å². The Morgan fingerprint density at radius 3 is 2.16 bits per heavy atom. The zero-order valence-corrected chi connectivity index (χ0v) is 18.4. The average Bonchev–Trinajstić information content (AvgIpc) is 2.59. The van der Waals surface area contributed by atoms with Gasteiger partial charge in [0.05, 0.1) is 6.61 Å². The predicted molar refractivity (Wildman–Crippen MR) is 101 cm³/mol. The predicted octanol–water partition coefficient (Wildman–Crippen LogP) is 2.80. The second kappa shape index (κ2) is 12.1. The average molecular weight is 373 g/mol. The van der Waals surface area contributed by atoms with Gasteiger partial charge in [-0.25, -0.2) is 0 Å². The third kappa shape index (κ3) is 7.40. The van der Waals surface area contributed by atoms with E-state index in [0.717, 1.165) is 30.0 Å². The maximum Gasteiger partial charge on any atom is 1.00 e. The van der Waals surface area contributed by atoms with Crippen LogP contribution in [0, 0.1) is 0 Å². The molecular weight excluding hydrogens is 343 g/mol. The number of rotatable bonds is 11. The number of hydrogen-bond donors (Lipinski definition) is 0. The third-order valence-electron chi connectivity index (χ3n) is 4.26. The van der Waals surface area contributed by atoms with Crippen LogP contribution < -0.4 is 29.6 Å². The van der Waals surface area contributed by atoms with Gasteiger partial charge >= 0.3 is 29.6 Å². The smallest absolute Gasteiger partial charge is 1.00 e. The van der Waals surface area contributed by atoms with E-state index in [1.165, 1.54) is 32.1 Å². The summed E-state index contributed by atoms with van der Waals surface area (Å²) < 4.78 is 30.1. The monoisotopic (exact) mass is 372 g/mol. The zero-order chi connectivity index (χ0) is 17.3. The molecule has 0 aliphatic carbocycles. The van der Waals surface area contributed by atoms with E-state index < -0.39 is 10.1 Å². The maximum absolute atomic E-state index is 12.4. The summed E-state index contributed by atoms with van der Waals surface area (Å²) >= 11 is 0.